The van der Waals surface area contributed by atoms with Crippen LogP contribution in [-0.4, -0.2) is 95.5 Å². The number of hydrogen-bond acceptors (Lipinski definition) is 8. The number of fused-ring (bicyclic) bond motifs is 4. The molecule has 7 atom stereocenters. The van der Waals surface area contributed by atoms with Crippen LogP contribution in [0.2, 0.25) is 0 Å². The summed E-state index contributed by atoms with van der Waals surface area (Å²) in [7, 11) is 7.74. The summed E-state index contributed by atoms with van der Waals surface area (Å²) < 4.78 is 23.5. The number of nitrogens with zero attached hydrogens (tertiary/aromatic N) is 2. The van der Waals surface area contributed by atoms with Crippen LogP contribution in [0, 0.1) is 29.1 Å². The standard InChI is InChI=1S/C44H58N2O10/c1-26(47)55-37-15-9-28(18-39(37)53-5)24-45(3)32-11-12-33(45)21-30(20-32)41-36(42(49)50)8-7-17-44(41,43(51)52)31-22-34-13-14-35(23-31)46(34,4)25-29-10-16-38(56-27(2)48)40(19-29)54-6/h9-10,15-16,18-19,30-36,41H,7-8,11-14,17,20-25H2,1-6H3/p+2/t30?,31?,32?,33?,34?,35?,36?,41-,44+,45?,46?/m0/s1. The first-order valence-electron chi connectivity index (χ1n) is 20.5. The van der Waals surface area contributed by atoms with Crippen LogP contribution < -0.4 is 18.9 Å². The van der Waals surface area contributed by atoms with Crippen molar-refractivity contribution in [1.82, 2.24) is 0 Å². The number of carboxylic acid groups (broad SMARTS) is 2. The highest BCUT2D eigenvalue weighted by Gasteiger charge is 2.66. The fourth-order valence-corrected chi connectivity index (χ4v) is 12.9. The fourth-order valence-electron chi connectivity index (χ4n) is 12.9. The highest BCUT2D eigenvalue weighted by molar-refractivity contribution is 5.79. The molecule has 0 spiro atoms. The van der Waals surface area contributed by atoms with Crippen LogP contribution >= 0.6 is 0 Å². The topological polar surface area (TPSA) is 146 Å². The summed E-state index contributed by atoms with van der Waals surface area (Å²) in [5.41, 5.74) is 1.06. The maximum atomic E-state index is 14.1. The molecule has 12 heteroatoms. The van der Waals surface area contributed by atoms with Crippen molar-refractivity contribution in [2.24, 2.45) is 29.1 Å². The van der Waals surface area contributed by atoms with Crippen LogP contribution in [0.25, 0.3) is 0 Å². The van der Waals surface area contributed by atoms with Gasteiger partial charge >= 0.3 is 23.9 Å². The predicted octanol–water partition coefficient (Wildman–Crippen LogP) is 6.60. The number of hydrogen-bond donors (Lipinski definition) is 2. The zero-order valence-corrected chi connectivity index (χ0v) is 33.8. The number of ether oxygens (including phenoxy) is 4. The van der Waals surface area contributed by atoms with Crippen LogP contribution in [-0.2, 0) is 32.3 Å². The minimum absolute atomic E-state index is 0.0146. The Morgan fingerprint density at radius 1 is 0.679 bits per heavy atom. The second-order valence-electron chi connectivity index (χ2n) is 18.0. The normalized spacial score (nSPS) is 36.0. The first-order valence-corrected chi connectivity index (χ1v) is 20.5. The minimum Gasteiger partial charge on any atom is -0.493 e. The lowest BCUT2D eigenvalue weighted by molar-refractivity contribution is -0.962. The molecule has 1 saturated carbocycles. The highest BCUT2D eigenvalue weighted by Crippen LogP contribution is 2.62. The van der Waals surface area contributed by atoms with Crippen LogP contribution in [0.4, 0.5) is 0 Å². The highest BCUT2D eigenvalue weighted by atomic mass is 16.6. The van der Waals surface area contributed by atoms with E-state index in [1.54, 1.807) is 26.4 Å². The summed E-state index contributed by atoms with van der Waals surface area (Å²) >= 11 is 0. The average Bonchev–Trinajstić information content (AvgIpc) is 3.38. The molecule has 12 nitrogen and oxygen atoms in total. The van der Waals surface area contributed by atoms with Gasteiger partial charge in [-0.3, -0.25) is 19.2 Å². The summed E-state index contributed by atoms with van der Waals surface area (Å²) in [6.07, 6.45) is 8.93. The Morgan fingerprint density at radius 2 is 1.12 bits per heavy atom. The number of carbonyl (C=O) groups excluding carboxylic acids is 2. The molecule has 4 saturated heterocycles. The van der Waals surface area contributed by atoms with Gasteiger partial charge in [-0.05, 0) is 67.0 Å². The Labute approximate surface area is 330 Å². The fraction of sp³-hybridized carbons (Fsp3) is 0.636. The number of carboxylic acids is 2. The summed E-state index contributed by atoms with van der Waals surface area (Å²) in [5, 5.41) is 22.3. The van der Waals surface area contributed by atoms with Gasteiger partial charge in [0, 0.05) is 76.3 Å². The third kappa shape index (κ3) is 6.94. The molecule has 5 fully saturated rings. The van der Waals surface area contributed by atoms with Crippen LogP contribution in [0.1, 0.15) is 95.6 Å². The van der Waals surface area contributed by atoms with E-state index in [2.05, 4.69) is 14.1 Å². The molecule has 304 valence electrons. The Kier molecular flexibility index (Phi) is 10.9. The van der Waals surface area contributed by atoms with Crippen molar-refractivity contribution in [2.45, 2.75) is 122 Å². The Morgan fingerprint density at radius 3 is 1.52 bits per heavy atom. The summed E-state index contributed by atoms with van der Waals surface area (Å²) in [4.78, 5) is 50.6. The van der Waals surface area contributed by atoms with Gasteiger partial charge in [-0.25, -0.2) is 0 Å². The quantitative estimate of drug-likeness (QED) is 0.137. The van der Waals surface area contributed by atoms with E-state index in [4.69, 9.17) is 18.9 Å². The second kappa shape index (κ2) is 15.3. The molecule has 0 aromatic heterocycles. The van der Waals surface area contributed by atoms with Crippen molar-refractivity contribution < 1.29 is 57.3 Å². The third-order valence-electron chi connectivity index (χ3n) is 15.4. The molecule has 5 unspecified atom stereocenters. The van der Waals surface area contributed by atoms with Crippen molar-refractivity contribution in [3.63, 3.8) is 0 Å². The number of quaternary nitrogens is 2. The molecule has 0 radical (unpaired) electrons. The van der Waals surface area contributed by atoms with Gasteiger partial charge in [0.15, 0.2) is 23.0 Å². The first-order chi connectivity index (χ1) is 26.6. The SMILES string of the molecule is COc1cc(C[N+]2(C)C3CCC2CC([C@H]2C(C(=O)O)CCC[C@@]2(C(=O)O)C2CC4CCC(C2)[N+]4(C)Cc2ccc(OC(C)=O)c(OC)c2)C3)ccc1OC(C)=O. The van der Waals surface area contributed by atoms with Gasteiger partial charge in [-0.15, -0.1) is 0 Å². The third-order valence-corrected chi connectivity index (χ3v) is 15.4. The van der Waals surface area contributed by atoms with E-state index >= 15 is 0 Å². The van der Waals surface area contributed by atoms with Crippen molar-refractivity contribution in [3.05, 3.63) is 47.5 Å². The van der Waals surface area contributed by atoms with Crippen molar-refractivity contribution in [3.8, 4) is 23.0 Å². The molecule has 7 rings (SSSR count). The van der Waals surface area contributed by atoms with Gasteiger partial charge in [-0.2, -0.15) is 0 Å². The van der Waals surface area contributed by atoms with Gasteiger partial charge in [0.25, 0.3) is 0 Å². The average molecular weight is 777 g/mol. The second-order valence-corrected chi connectivity index (χ2v) is 18.0. The van der Waals surface area contributed by atoms with E-state index in [0.717, 1.165) is 84.5 Å². The summed E-state index contributed by atoms with van der Waals surface area (Å²) in [6, 6.07) is 12.5. The van der Waals surface area contributed by atoms with Gasteiger partial charge in [0.05, 0.1) is 63.8 Å². The molecular weight excluding hydrogens is 716 g/mol. The van der Waals surface area contributed by atoms with E-state index in [-0.39, 0.29) is 36.0 Å². The molecule has 5 aliphatic rings. The summed E-state index contributed by atoms with van der Waals surface area (Å²) in [5.74, 6) is -1.85. The number of rotatable bonds is 12. The number of benzene rings is 2. The van der Waals surface area contributed by atoms with Crippen LogP contribution in [0.15, 0.2) is 36.4 Å². The van der Waals surface area contributed by atoms with E-state index in [1.165, 1.54) is 13.8 Å². The molecule has 1 aliphatic carbocycles. The molecule has 2 N–H and O–H groups in total. The monoisotopic (exact) mass is 776 g/mol. The van der Waals surface area contributed by atoms with E-state index in [1.807, 2.05) is 24.3 Å². The number of piperidine rings is 2. The van der Waals surface area contributed by atoms with Crippen LogP contribution in [0.3, 0.4) is 0 Å². The molecule has 0 amide bonds. The Hall–Kier alpha value is -4.16. The molecule has 4 aliphatic heterocycles. The van der Waals surface area contributed by atoms with Gasteiger partial charge in [0.2, 0.25) is 0 Å². The molecule has 2 aromatic carbocycles. The number of aliphatic carboxylic acids is 2. The lowest BCUT2D eigenvalue weighted by Gasteiger charge is -2.58. The largest absolute Gasteiger partial charge is 0.493 e. The lowest BCUT2D eigenvalue weighted by atomic mass is 9.49. The van der Waals surface area contributed by atoms with Crippen LogP contribution in [0.5, 0.6) is 23.0 Å². The maximum absolute atomic E-state index is 14.1. The van der Waals surface area contributed by atoms with E-state index in [0.29, 0.717) is 42.3 Å². The van der Waals surface area contributed by atoms with Gasteiger partial charge in [0.1, 0.15) is 13.1 Å². The van der Waals surface area contributed by atoms with Gasteiger partial charge in [-0.1, -0.05) is 6.42 Å². The smallest absolute Gasteiger partial charge is 0.310 e. The number of carbonyl (C=O) groups is 4. The van der Waals surface area contributed by atoms with E-state index in [9.17, 15) is 29.4 Å². The molecule has 56 heavy (non-hydrogen) atoms. The molecule has 4 heterocycles. The lowest BCUT2D eigenvalue weighted by Crippen LogP contribution is -2.64. The van der Waals surface area contributed by atoms with E-state index < -0.39 is 41.1 Å². The first kappa shape index (κ1) is 40.1. The zero-order valence-electron chi connectivity index (χ0n) is 33.8. The van der Waals surface area contributed by atoms with Crippen molar-refractivity contribution in [1.29, 1.82) is 0 Å². The van der Waals surface area contributed by atoms with Crippen molar-refractivity contribution in [2.75, 3.05) is 28.3 Å². The maximum Gasteiger partial charge on any atom is 0.310 e. The summed E-state index contributed by atoms with van der Waals surface area (Å²) in [6.45, 7) is 4.24. The molecule has 4 bridgehead atoms. The Balaban J connectivity index is 1.15. The van der Waals surface area contributed by atoms with Crippen molar-refractivity contribution >= 4 is 23.9 Å². The zero-order chi connectivity index (χ0) is 40.2. The molecular formula is C44H60N2O10+2. The minimum atomic E-state index is -1.09. The predicted molar refractivity (Wildman–Crippen MR) is 206 cm³/mol. The Bertz CT molecular complexity index is 1830. The molecule has 2 aromatic rings. The number of esters is 2. The number of methoxy groups -OCH3 is 2. The van der Waals surface area contributed by atoms with Gasteiger partial charge < -0.3 is 38.1 Å².